The summed E-state index contributed by atoms with van der Waals surface area (Å²) in [5, 5.41) is 21.0. The first-order valence-electron chi connectivity index (χ1n) is 9.83. The lowest BCUT2D eigenvalue weighted by Gasteiger charge is -2.29. The van der Waals surface area contributed by atoms with Crippen molar-refractivity contribution in [1.29, 1.82) is 0 Å². The van der Waals surface area contributed by atoms with Gasteiger partial charge in [0.1, 0.15) is 11.5 Å². The number of hydrogen-bond acceptors (Lipinski definition) is 2. The van der Waals surface area contributed by atoms with E-state index in [4.69, 9.17) is 0 Å². The van der Waals surface area contributed by atoms with E-state index in [9.17, 15) is 10.2 Å². The Morgan fingerprint density at radius 2 is 1.10 bits per heavy atom. The predicted octanol–water partition coefficient (Wildman–Crippen LogP) is 6.41. The molecule has 1 aliphatic carbocycles. The third kappa shape index (κ3) is 2.49. The molecule has 0 heterocycles. The number of aryl methyl sites for hydroxylation is 1. The van der Waals surface area contributed by atoms with Crippen LogP contribution in [0.25, 0.3) is 22.3 Å². The van der Waals surface area contributed by atoms with Gasteiger partial charge in [0.25, 0.3) is 0 Å². The van der Waals surface area contributed by atoms with Gasteiger partial charge in [0.05, 0.1) is 0 Å². The van der Waals surface area contributed by atoms with E-state index in [0.29, 0.717) is 11.1 Å². The number of aromatic hydroxyl groups is 2. The molecule has 0 radical (unpaired) electrons. The van der Waals surface area contributed by atoms with Gasteiger partial charge >= 0.3 is 0 Å². The highest BCUT2D eigenvalue weighted by Gasteiger charge is 2.40. The fraction of sp³-hybridized carbons (Fsp3) is 0.111. The van der Waals surface area contributed by atoms with Crippen molar-refractivity contribution in [2.45, 2.75) is 19.3 Å². The Kier molecular flexibility index (Phi) is 3.78. The zero-order valence-electron chi connectivity index (χ0n) is 16.5. The summed E-state index contributed by atoms with van der Waals surface area (Å²) in [6, 6.07) is 28.2. The molecule has 1 aliphatic rings. The number of hydrogen-bond donors (Lipinski definition) is 2. The van der Waals surface area contributed by atoms with Crippen LogP contribution in [0.1, 0.15) is 29.2 Å². The summed E-state index contributed by atoms with van der Waals surface area (Å²) in [5.74, 6) is 0.332. The molecular formula is C27H22O2. The first-order valence-corrected chi connectivity index (χ1v) is 9.83. The maximum absolute atomic E-state index is 10.6. The quantitative estimate of drug-likeness (QED) is 0.423. The number of benzene rings is 4. The van der Waals surface area contributed by atoms with Crippen molar-refractivity contribution in [3.8, 4) is 33.8 Å². The monoisotopic (exact) mass is 378 g/mol. The minimum absolute atomic E-state index is 0.165. The largest absolute Gasteiger partial charge is 0.507 e. The molecular weight excluding hydrogens is 356 g/mol. The number of rotatable bonds is 2. The van der Waals surface area contributed by atoms with Crippen LogP contribution in [0.15, 0.2) is 84.9 Å². The van der Waals surface area contributed by atoms with Crippen molar-refractivity contribution in [2.24, 2.45) is 0 Å². The van der Waals surface area contributed by atoms with E-state index in [0.717, 1.165) is 11.1 Å². The Morgan fingerprint density at radius 1 is 0.586 bits per heavy atom. The van der Waals surface area contributed by atoms with Crippen LogP contribution in [0.3, 0.4) is 0 Å². The highest BCUT2D eigenvalue weighted by molar-refractivity contribution is 5.84. The highest BCUT2D eigenvalue weighted by Crippen LogP contribution is 2.53. The van der Waals surface area contributed by atoms with E-state index in [1.54, 1.807) is 12.1 Å². The van der Waals surface area contributed by atoms with Gasteiger partial charge in [-0.3, -0.25) is 0 Å². The smallest absolute Gasteiger partial charge is 0.123 e. The van der Waals surface area contributed by atoms with Crippen molar-refractivity contribution in [1.82, 2.24) is 0 Å². The van der Waals surface area contributed by atoms with E-state index in [2.05, 4.69) is 55.5 Å². The van der Waals surface area contributed by atoms with E-state index in [1.807, 2.05) is 31.2 Å². The molecule has 0 saturated heterocycles. The summed E-state index contributed by atoms with van der Waals surface area (Å²) >= 11 is 0. The maximum Gasteiger partial charge on any atom is 0.123 e. The minimum atomic E-state index is -0.338. The van der Waals surface area contributed by atoms with Crippen LogP contribution in [0, 0.1) is 6.92 Å². The topological polar surface area (TPSA) is 40.5 Å². The van der Waals surface area contributed by atoms with Crippen LogP contribution in [-0.4, -0.2) is 10.2 Å². The van der Waals surface area contributed by atoms with E-state index >= 15 is 0 Å². The molecule has 2 heteroatoms. The zero-order chi connectivity index (χ0) is 20.2. The molecule has 4 aromatic rings. The van der Waals surface area contributed by atoms with E-state index < -0.39 is 0 Å². The molecule has 0 bridgehead atoms. The Labute approximate surface area is 170 Å². The van der Waals surface area contributed by atoms with Crippen LogP contribution in [0.5, 0.6) is 11.5 Å². The molecule has 0 aromatic heterocycles. The van der Waals surface area contributed by atoms with Crippen LogP contribution in [0.4, 0.5) is 0 Å². The summed E-state index contributed by atoms with van der Waals surface area (Å²) in [5.41, 5.74) is 8.08. The second-order valence-corrected chi connectivity index (χ2v) is 7.97. The summed E-state index contributed by atoms with van der Waals surface area (Å²) in [4.78, 5) is 0. The first kappa shape index (κ1) is 17.6. The summed E-state index contributed by atoms with van der Waals surface area (Å²) < 4.78 is 0. The van der Waals surface area contributed by atoms with Gasteiger partial charge < -0.3 is 10.2 Å². The van der Waals surface area contributed by atoms with Crippen LogP contribution < -0.4 is 0 Å². The maximum atomic E-state index is 10.6. The molecule has 0 aliphatic heterocycles. The van der Waals surface area contributed by atoms with Gasteiger partial charge in [0.15, 0.2) is 0 Å². The molecule has 0 fully saturated rings. The van der Waals surface area contributed by atoms with Gasteiger partial charge in [-0.15, -0.1) is 0 Å². The summed E-state index contributed by atoms with van der Waals surface area (Å²) in [7, 11) is 0. The van der Waals surface area contributed by atoms with Gasteiger partial charge in [0, 0.05) is 16.5 Å². The zero-order valence-corrected chi connectivity index (χ0v) is 16.5. The van der Waals surface area contributed by atoms with Crippen molar-refractivity contribution in [3.05, 3.63) is 107 Å². The van der Waals surface area contributed by atoms with Gasteiger partial charge in [-0.1, -0.05) is 66.2 Å². The second kappa shape index (κ2) is 6.25. The Bertz CT molecular complexity index is 1210. The van der Waals surface area contributed by atoms with Crippen molar-refractivity contribution < 1.29 is 10.2 Å². The molecule has 0 saturated carbocycles. The molecule has 142 valence electrons. The lowest BCUT2D eigenvalue weighted by Crippen LogP contribution is -2.22. The summed E-state index contributed by atoms with van der Waals surface area (Å²) in [6.45, 7) is 4.22. The van der Waals surface area contributed by atoms with Crippen LogP contribution >= 0.6 is 0 Å². The van der Waals surface area contributed by atoms with Crippen LogP contribution in [0.2, 0.25) is 0 Å². The van der Waals surface area contributed by atoms with Crippen molar-refractivity contribution in [2.75, 3.05) is 0 Å². The molecule has 0 unspecified atom stereocenters. The molecule has 5 rings (SSSR count). The molecule has 4 aromatic carbocycles. The Morgan fingerprint density at radius 3 is 1.72 bits per heavy atom. The third-order valence-corrected chi connectivity index (χ3v) is 6.24. The fourth-order valence-corrected chi connectivity index (χ4v) is 4.69. The normalized spacial score (nSPS) is 13.7. The Balaban J connectivity index is 1.78. The lowest BCUT2D eigenvalue weighted by molar-refractivity contribution is 0.468. The SMILES string of the molecule is Cc1ccc(O)c(-c2cc(C3(C)c4ccccc4-c4ccccc43)ccc2O)c1. The average Bonchev–Trinajstić information content (AvgIpc) is 3.01. The molecule has 0 amide bonds. The van der Waals surface area contributed by atoms with Gasteiger partial charge in [-0.2, -0.15) is 0 Å². The second-order valence-electron chi connectivity index (χ2n) is 7.97. The van der Waals surface area contributed by atoms with E-state index in [1.165, 1.54) is 22.3 Å². The van der Waals surface area contributed by atoms with Crippen molar-refractivity contribution >= 4 is 0 Å². The molecule has 0 atom stereocenters. The first-order chi connectivity index (χ1) is 14.0. The molecule has 29 heavy (non-hydrogen) atoms. The predicted molar refractivity (Wildman–Crippen MR) is 117 cm³/mol. The average molecular weight is 378 g/mol. The van der Waals surface area contributed by atoms with Gasteiger partial charge in [0.2, 0.25) is 0 Å². The number of phenolic OH excluding ortho intramolecular Hbond substituents is 2. The Hall–Kier alpha value is -3.52. The van der Waals surface area contributed by atoms with E-state index in [-0.39, 0.29) is 16.9 Å². The summed E-state index contributed by atoms with van der Waals surface area (Å²) in [6.07, 6.45) is 0. The third-order valence-electron chi connectivity index (χ3n) is 6.24. The standard InChI is InChI=1S/C27H22O2/c1-17-11-13-25(28)21(15-17)22-16-18(12-14-26(22)29)27(2)23-9-5-3-7-19(23)20-8-4-6-10-24(20)27/h3-16,28-29H,1-2H3. The molecule has 2 N–H and O–H groups in total. The van der Waals surface area contributed by atoms with Crippen molar-refractivity contribution in [3.63, 3.8) is 0 Å². The van der Waals surface area contributed by atoms with Crippen LogP contribution in [-0.2, 0) is 5.41 Å². The highest BCUT2D eigenvalue weighted by atomic mass is 16.3. The van der Waals surface area contributed by atoms with Gasteiger partial charge in [-0.25, -0.2) is 0 Å². The van der Waals surface area contributed by atoms with Gasteiger partial charge in [-0.05, 0) is 65.9 Å². The lowest BCUT2D eigenvalue weighted by atomic mass is 9.73. The molecule has 2 nitrogen and oxygen atoms in total. The molecule has 0 spiro atoms. The number of fused-ring (bicyclic) bond motifs is 3. The fourth-order valence-electron chi connectivity index (χ4n) is 4.69. The minimum Gasteiger partial charge on any atom is -0.507 e. The number of phenols is 2.